The molecule has 1 aromatic heterocycles. The molecule has 2 aromatic carbocycles. The van der Waals surface area contributed by atoms with Crippen LogP contribution in [-0.4, -0.2) is 40.4 Å². The summed E-state index contributed by atoms with van der Waals surface area (Å²) in [4.78, 5) is 25.0. The molecular formula is C23H28Cl2N4O3S. The van der Waals surface area contributed by atoms with Crippen molar-refractivity contribution in [3.63, 3.8) is 0 Å². The summed E-state index contributed by atoms with van der Waals surface area (Å²) in [5, 5.41) is 10.0. The lowest BCUT2D eigenvalue weighted by molar-refractivity contribution is -0.123. The first kappa shape index (κ1) is 26.7. The number of nitrogens with one attached hydrogen (secondary N) is 3. The molecule has 0 fully saturated rings. The van der Waals surface area contributed by atoms with Gasteiger partial charge in [0, 0.05) is 18.5 Å². The Morgan fingerprint density at radius 3 is 2.33 bits per heavy atom. The maximum absolute atomic E-state index is 12.8. The normalized spacial score (nSPS) is 11.7. The second-order valence-electron chi connectivity index (χ2n) is 7.84. The number of carbonyl (C=O) groups excluding carboxylic acids is 2. The van der Waals surface area contributed by atoms with Crippen LogP contribution in [0.2, 0.25) is 0 Å². The van der Waals surface area contributed by atoms with Gasteiger partial charge in [-0.2, -0.15) is 4.37 Å². The molecule has 1 atom stereocenters. The Labute approximate surface area is 208 Å². The number of alkyl halides is 2. The van der Waals surface area contributed by atoms with Crippen molar-refractivity contribution in [2.24, 2.45) is 0 Å². The Bertz CT molecular complexity index is 1030. The fraction of sp³-hybridized carbons (Fsp3) is 0.348. The van der Waals surface area contributed by atoms with Crippen LogP contribution < -0.4 is 16.0 Å². The molecule has 0 unspecified atom stereocenters. The van der Waals surface area contributed by atoms with Crippen LogP contribution in [0.4, 0.5) is 10.6 Å². The highest BCUT2D eigenvalue weighted by Crippen LogP contribution is 2.25. The summed E-state index contributed by atoms with van der Waals surface area (Å²) in [5.41, 5.74) is 0.0292. The molecule has 0 bridgehead atoms. The van der Waals surface area contributed by atoms with Gasteiger partial charge in [-0.1, -0.05) is 42.5 Å². The van der Waals surface area contributed by atoms with E-state index in [1.807, 2.05) is 42.5 Å². The van der Waals surface area contributed by atoms with Crippen LogP contribution in [0.1, 0.15) is 32.4 Å². The highest BCUT2D eigenvalue weighted by atomic mass is 35.5. The molecule has 0 spiro atoms. The van der Waals surface area contributed by atoms with Crippen molar-refractivity contribution in [1.82, 2.24) is 15.0 Å². The summed E-state index contributed by atoms with van der Waals surface area (Å²) >= 11 is 11.0. The van der Waals surface area contributed by atoms with Crippen molar-refractivity contribution >= 4 is 62.6 Å². The molecule has 0 aliphatic heterocycles. The fourth-order valence-corrected chi connectivity index (χ4v) is 3.61. The summed E-state index contributed by atoms with van der Waals surface area (Å²) < 4.78 is 10.8. The van der Waals surface area contributed by atoms with Gasteiger partial charge in [-0.15, -0.1) is 23.2 Å². The Morgan fingerprint density at radius 2 is 1.67 bits per heavy atom. The first-order valence-electron chi connectivity index (χ1n) is 10.3. The number of halogens is 2. The van der Waals surface area contributed by atoms with Gasteiger partial charge < -0.3 is 20.7 Å². The van der Waals surface area contributed by atoms with Gasteiger partial charge in [0.2, 0.25) is 5.91 Å². The van der Waals surface area contributed by atoms with Crippen LogP contribution in [-0.2, 0) is 9.53 Å². The lowest BCUT2D eigenvalue weighted by Crippen LogP contribution is -2.43. The number of benzene rings is 2. The third-order valence-electron chi connectivity index (χ3n) is 4.15. The molecule has 3 N–H and O–H groups in total. The summed E-state index contributed by atoms with van der Waals surface area (Å²) in [6.07, 6.45) is -0.640. The Morgan fingerprint density at radius 1 is 1.03 bits per heavy atom. The van der Waals surface area contributed by atoms with E-state index in [9.17, 15) is 9.59 Å². The molecule has 7 nitrogen and oxygen atoms in total. The number of hydrogen-bond donors (Lipinski definition) is 3. The number of ether oxygens (including phenoxy) is 1. The molecule has 10 heteroatoms. The van der Waals surface area contributed by atoms with Gasteiger partial charge >= 0.3 is 6.09 Å². The predicted molar refractivity (Wildman–Crippen MR) is 136 cm³/mol. The molecule has 2 amide bonds. The molecule has 0 aliphatic carbocycles. The van der Waals surface area contributed by atoms with E-state index in [1.54, 1.807) is 32.9 Å². The van der Waals surface area contributed by atoms with E-state index in [1.165, 1.54) is 11.5 Å². The average molecular weight is 511 g/mol. The van der Waals surface area contributed by atoms with Gasteiger partial charge in [-0.25, -0.2) is 4.79 Å². The number of fused-ring (bicyclic) bond motifs is 1. The summed E-state index contributed by atoms with van der Waals surface area (Å²) in [7, 11) is 0. The molecule has 33 heavy (non-hydrogen) atoms. The van der Waals surface area contributed by atoms with E-state index in [0.717, 1.165) is 15.9 Å². The van der Waals surface area contributed by atoms with Crippen molar-refractivity contribution in [2.75, 3.05) is 23.7 Å². The Hall–Kier alpha value is -2.55. The van der Waals surface area contributed by atoms with E-state index >= 15 is 0 Å². The van der Waals surface area contributed by atoms with E-state index in [2.05, 4.69) is 20.3 Å². The topological polar surface area (TPSA) is 92.3 Å². The summed E-state index contributed by atoms with van der Waals surface area (Å²) in [6, 6.07) is 16.2. The molecule has 0 saturated carbocycles. The number of nitrogens with zero attached hydrogens (tertiary/aromatic N) is 1. The number of alkyl carbamates (subject to hydrolysis) is 1. The van der Waals surface area contributed by atoms with E-state index in [-0.39, 0.29) is 11.2 Å². The molecule has 178 valence electrons. The van der Waals surface area contributed by atoms with Crippen LogP contribution in [0.25, 0.3) is 10.1 Å². The highest BCUT2D eigenvalue weighted by Gasteiger charge is 2.25. The third-order valence-corrected chi connectivity index (χ3v) is 4.98. The van der Waals surface area contributed by atoms with Crippen LogP contribution in [0.15, 0.2) is 54.6 Å². The lowest BCUT2D eigenvalue weighted by Gasteiger charge is -2.23. The summed E-state index contributed by atoms with van der Waals surface area (Å²) in [5.74, 6) is 0.494. The number of amides is 2. The van der Waals surface area contributed by atoms with Crippen molar-refractivity contribution < 1.29 is 14.3 Å². The van der Waals surface area contributed by atoms with E-state index in [0.29, 0.717) is 18.7 Å². The van der Waals surface area contributed by atoms with Gasteiger partial charge in [0.15, 0.2) is 0 Å². The van der Waals surface area contributed by atoms with Gasteiger partial charge in [0.25, 0.3) is 0 Å². The smallest absolute Gasteiger partial charge is 0.408 e. The Balaban J connectivity index is 0.00000122. The molecule has 0 saturated heterocycles. The first-order chi connectivity index (χ1) is 15.7. The molecular weight excluding hydrogens is 483 g/mol. The zero-order valence-corrected chi connectivity index (χ0v) is 21.1. The van der Waals surface area contributed by atoms with E-state index in [4.69, 9.17) is 27.9 Å². The number of carbonyl (C=O) groups is 2. The fourth-order valence-electron chi connectivity index (χ4n) is 2.85. The zero-order valence-electron chi connectivity index (χ0n) is 18.7. The zero-order chi connectivity index (χ0) is 24.3. The maximum atomic E-state index is 12.8. The van der Waals surface area contributed by atoms with Crippen LogP contribution >= 0.6 is 34.7 Å². The van der Waals surface area contributed by atoms with Crippen LogP contribution in [0.5, 0.6) is 0 Å². The second-order valence-corrected chi connectivity index (χ2v) is 9.45. The first-order valence-corrected chi connectivity index (χ1v) is 12.1. The van der Waals surface area contributed by atoms with Crippen molar-refractivity contribution in [2.45, 2.75) is 32.4 Å². The minimum absolute atomic E-state index is 0.194. The van der Waals surface area contributed by atoms with Crippen LogP contribution in [0, 0.1) is 0 Å². The number of hydrogen-bond acceptors (Lipinski definition) is 6. The van der Waals surface area contributed by atoms with Gasteiger partial charge in [0.1, 0.15) is 17.5 Å². The molecule has 3 rings (SSSR count). The quantitative estimate of drug-likeness (QED) is 0.287. The largest absolute Gasteiger partial charge is 0.444 e. The van der Waals surface area contributed by atoms with Crippen molar-refractivity contribution in [1.29, 1.82) is 0 Å². The SMILES string of the molecule is CC(C)(C)OC(=O)N[C@H](C(=O)NCCNc1nsc2ccccc12)c1ccccc1.ClCCl. The molecule has 0 aliphatic rings. The standard InChI is InChI=1S/C22H26N4O3S.CH2Cl2/c1-22(2,3)29-21(28)25-18(15-9-5-4-6-10-15)20(27)24-14-13-23-19-16-11-7-8-12-17(16)30-26-19;2-1-3/h4-12,18H,13-14H2,1-3H3,(H,23,26)(H,24,27)(H,25,28);1H2/t18-;/m0./s1. The van der Waals surface area contributed by atoms with Gasteiger partial charge in [-0.05, 0) is 50.0 Å². The molecule has 3 aromatic rings. The average Bonchev–Trinajstić information content (AvgIpc) is 3.18. The predicted octanol–water partition coefficient (Wildman–Crippen LogP) is 5.51. The highest BCUT2D eigenvalue weighted by molar-refractivity contribution is 7.13. The maximum Gasteiger partial charge on any atom is 0.408 e. The number of aromatic nitrogens is 1. The molecule has 1 heterocycles. The van der Waals surface area contributed by atoms with Gasteiger partial charge in [-0.3, -0.25) is 4.79 Å². The second kappa shape index (κ2) is 13.2. The van der Waals surface area contributed by atoms with Crippen molar-refractivity contribution in [3.05, 3.63) is 60.2 Å². The minimum atomic E-state index is -0.846. The van der Waals surface area contributed by atoms with E-state index < -0.39 is 17.7 Å². The lowest BCUT2D eigenvalue weighted by atomic mass is 10.1. The minimum Gasteiger partial charge on any atom is -0.444 e. The number of anilines is 1. The monoisotopic (exact) mass is 510 g/mol. The van der Waals surface area contributed by atoms with Crippen molar-refractivity contribution in [3.8, 4) is 0 Å². The third kappa shape index (κ3) is 9.07. The van der Waals surface area contributed by atoms with Gasteiger partial charge in [0.05, 0.1) is 10.0 Å². The number of rotatable bonds is 7. The molecule has 0 radical (unpaired) electrons. The summed E-state index contributed by atoms with van der Waals surface area (Å²) in [6.45, 7) is 6.21. The van der Waals surface area contributed by atoms with Crippen LogP contribution in [0.3, 0.4) is 0 Å². The Kier molecular flexibility index (Phi) is 10.7.